The molecule has 0 bridgehead atoms. The first-order valence-electron chi connectivity index (χ1n) is 7.74. The number of carbonyl (C=O) groups excluding carboxylic acids is 1. The van der Waals surface area contributed by atoms with Crippen molar-refractivity contribution in [3.05, 3.63) is 29.3 Å². The molecular weight excluding hydrogens is 416 g/mol. The number of halogens is 1. The molecule has 26 heavy (non-hydrogen) atoms. The van der Waals surface area contributed by atoms with Gasteiger partial charge in [0.2, 0.25) is 21.1 Å². The van der Waals surface area contributed by atoms with E-state index in [2.05, 4.69) is 22.4 Å². The van der Waals surface area contributed by atoms with Crippen LogP contribution in [-0.2, 0) is 14.8 Å². The molecule has 0 aliphatic heterocycles. The van der Waals surface area contributed by atoms with Crippen molar-refractivity contribution in [2.24, 2.45) is 0 Å². The number of benzene rings is 1. The Bertz CT molecular complexity index is 855. The lowest BCUT2D eigenvalue weighted by atomic mass is 10.2. The first-order chi connectivity index (χ1) is 12.2. The third kappa shape index (κ3) is 5.57. The van der Waals surface area contributed by atoms with Gasteiger partial charge in [0.15, 0.2) is 4.34 Å². The first kappa shape index (κ1) is 20.9. The highest BCUT2D eigenvalue weighted by Crippen LogP contribution is 2.27. The number of hydrogen-bond acceptors (Lipinski definition) is 7. The van der Waals surface area contributed by atoms with Crippen LogP contribution in [0.1, 0.15) is 20.3 Å². The number of sulfonamides is 1. The minimum Gasteiger partial charge on any atom is -0.299 e. The zero-order valence-electron chi connectivity index (χ0n) is 14.5. The van der Waals surface area contributed by atoms with E-state index in [-0.39, 0.29) is 0 Å². The van der Waals surface area contributed by atoms with E-state index in [1.807, 2.05) is 0 Å². The van der Waals surface area contributed by atoms with E-state index < -0.39 is 22.0 Å². The van der Waals surface area contributed by atoms with Gasteiger partial charge in [-0.3, -0.25) is 14.4 Å². The molecule has 0 fully saturated rings. The Morgan fingerprint density at radius 1 is 1.35 bits per heavy atom. The normalized spacial score (nSPS) is 12.6. The summed E-state index contributed by atoms with van der Waals surface area (Å²) < 4.78 is 26.2. The van der Waals surface area contributed by atoms with E-state index in [9.17, 15) is 13.2 Å². The maximum atomic E-state index is 12.6. The summed E-state index contributed by atoms with van der Waals surface area (Å²) in [6, 6.07) is 5.28. The summed E-state index contributed by atoms with van der Waals surface area (Å²) >= 11 is 8.67. The lowest BCUT2D eigenvalue weighted by Gasteiger charge is -2.27. The molecule has 11 heteroatoms. The second-order valence-electron chi connectivity index (χ2n) is 5.42. The van der Waals surface area contributed by atoms with Crippen LogP contribution in [0.4, 0.5) is 10.8 Å². The minimum atomic E-state index is -3.68. The summed E-state index contributed by atoms with van der Waals surface area (Å²) in [6.45, 7) is 3.58. The molecule has 1 heterocycles. The molecule has 0 saturated heterocycles. The SMILES string of the molecule is CCCSc1nnc(NC(=O)C(C)N(c2ccc(Cl)cc2)S(C)(=O)=O)s1. The van der Waals surface area contributed by atoms with E-state index in [4.69, 9.17) is 11.6 Å². The number of amides is 1. The van der Waals surface area contributed by atoms with E-state index in [0.717, 1.165) is 27.1 Å². The number of hydrogen-bond donors (Lipinski definition) is 1. The van der Waals surface area contributed by atoms with Crippen molar-refractivity contribution in [3.63, 3.8) is 0 Å². The zero-order valence-corrected chi connectivity index (χ0v) is 17.7. The fourth-order valence-electron chi connectivity index (χ4n) is 2.11. The lowest BCUT2D eigenvalue weighted by Crippen LogP contribution is -2.45. The van der Waals surface area contributed by atoms with E-state index >= 15 is 0 Å². The van der Waals surface area contributed by atoms with Gasteiger partial charge in [-0.15, -0.1) is 10.2 Å². The molecule has 2 aromatic rings. The number of anilines is 2. The van der Waals surface area contributed by atoms with Gasteiger partial charge in [-0.05, 0) is 37.6 Å². The summed E-state index contributed by atoms with van der Waals surface area (Å²) in [5.74, 6) is 0.422. The average molecular weight is 435 g/mol. The first-order valence-corrected chi connectivity index (χ1v) is 11.8. The minimum absolute atomic E-state index is 0.338. The summed E-state index contributed by atoms with van der Waals surface area (Å²) in [6.07, 6.45) is 2.06. The van der Waals surface area contributed by atoms with Crippen LogP contribution < -0.4 is 9.62 Å². The maximum absolute atomic E-state index is 12.6. The molecular formula is C15H19ClN4O3S3. The van der Waals surface area contributed by atoms with Crippen molar-refractivity contribution in [1.29, 1.82) is 0 Å². The van der Waals surface area contributed by atoms with Crippen molar-refractivity contribution in [3.8, 4) is 0 Å². The highest BCUT2D eigenvalue weighted by Gasteiger charge is 2.29. The molecule has 1 aromatic heterocycles. The van der Waals surface area contributed by atoms with Gasteiger partial charge >= 0.3 is 0 Å². The number of aromatic nitrogens is 2. The predicted octanol–water partition coefficient (Wildman–Crippen LogP) is 3.49. The highest BCUT2D eigenvalue weighted by atomic mass is 35.5. The molecule has 2 rings (SSSR count). The molecule has 1 amide bonds. The van der Waals surface area contributed by atoms with Gasteiger partial charge < -0.3 is 0 Å². The summed E-state index contributed by atoms with van der Waals surface area (Å²) in [4.78, 5) is 12.6. The van der Waals surface area contributed by atoms with Crippen LogP contribution >= 0.6 is 34.7 Å². The smallest absolute Gasteiger partial charge is 0.249 e. The third-order valence-corrected chi connectivity index (χ3v) is 6.91. The fourth-order valence-corrected chi connectivity index (χ4v) is 5.10. The predicted molar refractivity (Wildman–Crippen MR) is 108 cm³/mol. The van der Waals surface area contributed by atoms with Crippen molar-refractivity contribution >= 4 is 61.4 Å². The van der Waals surface area contributed by atoms with Crippen molar-refractivity contribution in [2.75, 3.05) is 21.6 Å². The van der Waals surface area contributed by atoms with E-state index in [0.29, 0.717) is 15.8 Å². The van der Waals surface area contributed by atoms with Gasteiger partial charge in [0.25, 0.3) is 0 Å². The number of thioether (sulfide) groups is 1. The second kappa shape index (κ2) is 9.03. The molecule has 0 saturated carbocycles. The summed E-state index contributed by atoms with van der Waals surface area (Å²) in [5.41, 5.74) is 0.357. The summed E-state index contributed by atoms with van der Waals surface area (Å²) in [5, 5.41) is 11.4. The summed E-state index contributed by atoms with van der Waals surface area (Å²) in [7, 11) is -3.68. The molecule has 0 spiro atoms. The monoisotopic (exact) mass is 434 g/mol. The van der Waals surface area contributed by atoms with Gasteiger partial charge in [0, 0.05) is 10.8 Å². The van der Waals surface area contributed by atoms with Crippen LogP contribution in [0.15, 0.2) is 28.6 Å². The van der Waals surface area contributed by atoms with Crippen LogP contribution in [0.2, 0.25) is 5.02 Å². The van der Waals surface area contributed by atoms with E-state index in [1.54, 1.807) is 36.0 Å². The Morgan fingerprint density at radius 2 is 2.00 bits per heavy atom. The second-order valence-corrected chi connectivity index (χ2v) is 10.0. The fraction of sp³-hybridized carbons (Fsp3) is 0.400. The van der Waals surface area contributed by atoms with Crippen LogP contribution in [-0.4, -0.2) is 42.6 Å². The number of nitrogens with zero attached hydrogens (tertiary/aromatic N) is 3. The Labute approximate surface area is 166 Å². The quantitative estimate of drug-likeness (QED) is 0.505. The molecule has 7 nitrogen and oxygen atoms in total. The van der Waals surface area contributed by atoms with Gasteiger partial charge in [0.05, 0.1) is 11.9 Å². The van der Waals surface area contributed by atoms with Gasteiger partial charge in [-0.2, -0.15) is 0 Å². The Balaban J connectivity index is 2.17. The van der Waals surface area contributed by atoms with Crippen LogP contribution in [0, 0.1) is 0 Å². The molecule has 142 valence electrons. The van der Waals surface area contributed by atoms with Gasteiger partial charge in [-0.1, -0.05) is 41.6 Å². The standard InChI is InChI=1S/C15H19ClN4O3S3/c1-4-9-24-15-19-18-14(25-15)17-13(21)10(2)20(26(3,22)23)12-7-5-11(16)6-8-12/h5-8,10H,4,9H2,1-3H3,(H,17,18,21). The molecule has 1 atom stereocenters. The maximum Gasteiger partial charge on any atom is 0.249 e. The molecule has 1 N–H and O–H groups in total. The largest absolute Gasteiger partial charge is 0.299 e. The van der Waals surface area contributed by atoms with E-state index in [1.165, 1.54) is 18.3 Å². The van der Waals surface area contributed by atoms with Crippen LogP contribution in [0.5, 0.6) is 0 Å². The molecule has 1 aromatic carbocycles. The molecule has 0 aliphatic rings. The van der Waals surface area contributed by atoms with Gasteiger partial charge in [-0.25, -0.2) is 8.42 Å². The topological polar surface area (TPSA) is 92.3 Å². The molecule has 0 aliphatic carbocycles. The van der Waals surface area contributed by atoms with Gasteiger partial charge in [0.1, 0.15) is 6.04 Å². The lowest BCUT2D eigenvalue weighted by molar-refractivity contribution is -0.116. The highest BCUT2D eigenvalue weighted by molar-refractivity contribution is 8.01. The average Bonchev–Trinajstić information content (AvgIpc) is 3.01. The van der Waals surface area contributed by atoms with Crippen molar-refractivity contribution in [1.82, 2.24) is 10.2 Å². The number of carbonyl (C=O) groups is 1. The number of rotatable bonds is 8. The Morgan fingerprint density at radius 3 is 2.58 bits per heavy atom. The Hall–Kier alpha value is -1.36. The van der Waals surface area contributed by atoms with Crippen molar-refractivity contribution < 1.29 is 13.2 Å². The van der Waals surface area contributed by atoms with Crippen LogP contribution in [0.3, 0.4) is 0 Å². The van der Waals surface area contributed by atoms with Crippen LogP contribution in [0.25, 0.3) is 0 Å². The zero-order chi connectivity index (χ0) is 19.3. The molecule has 0 radical (unpaired) electrons. The Kier molecular flexibility index (Phi) is 7.27. The number of nitrogens with one attached hydrogen (secondary N) is 1. The molecule has 1 unspecified atom stereocenters. The van der Waals surface area contributed by atoms with Crippen molar-refractivity contribution in [2.45, 2.75) is 30.6 Å². The third-order valence-electron chi connectivity index (χ3n) is 3.24.